The van der Waals surface area contributed by atoms with Crippen molar-refractivity contribution in [1.29, 1.82) is 5.26 Å². The second-order valence-electron chi connectivity index (χ2n) is 10.1. The number of nitrogens with one attached hydrogen (secondary N) is 3. The van der Waals surface area contributed by atoms with Crippen LogP contribution in [0.15, 0.2) is 63.4 Å². The highest BCUT2D eigenvalue weighted by atomic mass is 79.9. The quantitative estimate of drug-likeness (QED) is 0.277. The number of benzene rings is 2. The first kappa shape index (κ1) is 29.2. The number of allylic oxidation sites excluding steroid dienone is 4. The number of methoxy groups -OCH3 is 1. The summed E-state index contributed by atoms with van der Waals surface area (Å²) < 4.78 is 11.5. The monoisotopic (exact) mass is 606 g/mol. The number of ketones is 1. The highest BCUT2D eigenvalue weighted by Gasteiger charge is 2.38. The number of Topliss-reactive ketones (excluding diaryl/α,β-unsaturated/α-hetero) is 1. The smallest absolute Gasteiger partial charge is 0.411 e. The molecule has 1 heterocycles. The number of nitriles is 1. The molecule has 2 aliphatic rings. The number of hydrogen-bond donors (Lipinski definition) is 3. The van der Waals surface area contributed by atoms with E-state index in [0.717, 1.165) is 51.9 Å². The summed E-state index contributed by atoms with van der Waals surface area (Å²) in [6.45, 7) is 6.88. The third kappa shape index (κ3) is 6.34. The van der Waals surface area contributed by atoms with Crippen LogP contribution in [0.5, 0.6) is 5.75 Å². The van der Waals surface area contributed by atoms with E-state index in [9.17, 15) is 14.9 Å². The summed E-state index contributed by atoms with van der Waals surface area (Å²) in [5.41, 5.74) is 6.13. The number of amides is 1. The Morgan fingerprint density at radius 1 is 1.23 bits per heavy atom. The van der Waals surface area contributed by atoms with Crippen molar-refractivity contribution >= 4 is 39.2 Å². The lowest BCUT2D eigenvalue weighted by Gasteiger charge is -2.35. The van der Waals surface area contributed by atoms with Gasteiger partial charge in [-0.1, -0.05) is 25.5 Å². The molecule has 0 saturated carbocycles. The van der Waals surface area contributed by atoms with Gasteiger partial charge in [0.2, 0.25) is 0 Å². The van der Waals surface area contributed by atoms with Gasteiger partial charge in [0.15, 0.2) is 5.78 Å². The first-order valence-corrected chi connectivity index (χ1v) is 14.4. The number of rotatable bonds is 9. The van der Waals surface area contributed by atoms with Gasteiger partial charge in [-0.3, -0.25) is 10.1 Å². The van der Waals surface area contributed by atoms with Crippen LogP contribution in [0.1, 0.15) is 63.5 Å². The average Bonchev–Trinajstić information content (AvgIpc) is 2.92. The fourth-order valence-corrected chi connectivity index (χ4v) is 6.14. The number of nitrogens with zero attached hydrogens (tertiary/aromatic N) is 1. The van der Waals surface area contributed by atoms with E-state index in [1.807, 2.05) is 44.2 Å². The number of carbonyl (C=O) groups is 2. The van der Waals surface area contributed by atoms with E-state index in [4.69, 9.17) is 4.74 Å². The Labute approximate surface area is 243 Å². The van der Waals surface area contributed by atoms with Gasteiger partial charge in [-0.15, -0.1) is 0 Å². The van der Waals surface area contributed by atoms with Crippen LogP contribution < -0.4 is 20.7 Å². The summed E-state index contributed by atoms with van der Waals surface area (Å²) in [4.78, 5) is 25.1. The number of halogens is 1. The average molecular weight is 608 g/mol. The van der Waals surface area contributed by atoms with Gasteiger partial charge >= 0.3 is 6.09 Å². The maximum Gasteiger partial charge on any atom is 0.411 e. The van der Waals surface area contributed by atoms with Crippen molar-refractivity contribution in [3.63, 3.8) is 0 Å². The Hall–Kier alpha value is -3.77. The number of ether oxygens (including phenoxy) is 2. The zero-order valence-corrected chi connectivity index (χ0v) is 24.9. The number of dihydropyridines is 1. The second-order valence-corrected chi connectivity index (χ2v) is 10.9. The Morgan fingerprint density at radius 3 is 2.73 bits per heavy atom. The Bertz CT molecular complexity index is 1410. The molecule has 0 spiro atoms. The molecule has 40 heavy (non-hydrogen) atoms. The van der Waals surface area contributed by atoms with Crippen LogP contribution in [0.4, 0.5) is 16.2 Å². The number of carbonyl (C=O) groups excluding carboxylic acids is 2. The molecule has 0 bridgehead atoms. The molecule has 3 N–H and O–H groups in total. The van der Waals surface area contributed by atoms with E-state index in [0.29, 0.717) is 48.1 Å². The third-order valence-corrected chi connectivity index (χ3v) is 7.89. The molecule has 2 unspecified atom stereocenters. The van der Waals surface area contributed by atoms with Crippen molar-refractivity contribution in [2.75, 3.05) is 24.4 Å². The molecule has 1 aliphatic carbocycles. The van der Waals surface area contributed by atoms with Crippen molar-refractivity contribution in [3.05, 3.63) is 74.5 Å². The van der Waals surface area contributed by atoms with Crippen molar-refractivity contribution < 1.29 is 19.1 Å². The molecule has 4 rings (SSSR count). The van der Waals surface area contributed by atoms with Crippen molar-refractivity contribution in [3.8, 4) is 11.8 Å². The second kappa shape index (κ2) is 13.1. The van der Waals surface area contributed by atoms with Gasteiger partial charge in [-0.2, -0.15) is 5.26 Å². The summed E-state index contributed by atoms with van der Waals surface area (Å²) in [7, 11) is 1.32. The van der Waals surface area contributed by atoms with Gasteiger partial charge in [-0.05, 0) is 83.9 Å². The molecule has 2 atom stereocenters. The maximum absolute atomic E-state index is 13.5. The highest BCUT2D eigenvalue weighted by molar-refractivity contribution is 9.10. The van der Waals surface area contributed by atoms with Gasteiger partial charge in [0.05, 0.1) is 37.0 Å². The Morgan fingerprint density at radius 2 is 2.02 bits per heavy atom. The lowest BCUT2D eigenvalue weighted by molar-refractivity contribution is -0.117. The third-order valence-electron chi connectivity index (χ3n) is 7.27. The molecule has 2 aromatic carbocycles. The van der Waals surface area contributed by atoms with E-state index in [1.54, 1.807) is 6.07 Å². The van der Waals surface area contributed by atoms with E-state index >= 15 is 0 Å². The fourth-order valence-electron chi connectivity index (χ4n) is 5.54. The largest absolute Gasteiger partial charge is 0.492 e. The van der Waals surface area contributed by atoms with Crippen LogP contribution >= 0.6 is 15.9 Å². The summed E-state index contributed by atoms with van der Waals surface area (Å²) >= 11 is 3.72. The SMILES string of the molecule is CCCC1CC(=O)C2=C(C1)NC(C)=C(C#N)C2c1cc(Br)c(NCc2cccc(NC(=O)OC)c2)c(OCC)c1. The summed E-state index contributed by atoms with van der Waals surface area (Å²) in [5.74, 6) is 0.592. The summed E-state index contributed by atoms with van der Waals surface area (Å²) in [6.07, 6.45) is 2.82. The number of anilines is 2. The molecule has 1 aliphatic heterocycles. The normalized spacial score (nSPS) is 18.4. The molecule has 0 saturated heterocycles. The zero-order valence-electron chi connectivity index (χ0n) is 23.3. The van der Waals surface area contributed by atoms with Crippen LogP contribution in [0.2, 0.25) is 0 Å². The van der Waals surface area contributed by atoms with E-state index in [2.05, 4.69) is 49.6 Å². The van der Waals surface area contributed by atoms with Crippen LogP contribution in [-0.4, -0.2) is 25.6 Å². The van der Waals surface area contributed by atoms with Gasteiger partial charge in [0, 0.05) is 40.1 Å². The minimum atomic E-state index is -0.531. The first-order valence-electron chi connectivity index (χ1n) is 13.6. The highest BCUT2D eigenvalue weighted by Crippen LogP contribution is 2.46. The summed E-state index contributed by atoms with van der Waals surface area (Å²) in [6, 6.07) is 13.7. The topological polar surface area (TPSA) is 112 Å². The van der Waals surface area contributed by atoms with Crippen LogP contribution in [0, 0.1) is 17.2 Å². The van der Waals surface area contributed by atoms with Gasteiger partial charge < -0.3 is 20.1 Å². The Kier molecular flexibility index (Phi) is 9.54. The molecule has 1 amide bonds. The molecule has 2 aromatic rings. The molecular weight excluding hydrogens is 572 g/mol. The first-order chi connectivity index (χ1) is 19.3. The van der Waals surface area contributed by atoms with Crippen LogP contribution in [0.3, 0.4) is 0 Å². The Balaban J connectivity index is 1.68. The minimum absolute atomic E-state index is 0.106. The molecule has 0 radical (unpaired) electrons. The van der Waals surface area contributed by atoms with E-state index in [-0.39, 0.29) is 5.78 Å². The van der Waals surface area contributed by atoms with Gasteiger partial charge in [-0.25, -0.2) is 4.79 Å². The van der Waals surface area contributed by atoms with Crippen molar-refractivity contribution in [2.24, 2.45) is 5.92 Å². The van der Waals surface area contributed by atoms with Crippen molar-refractivity contribution in [1.82, 2.24) is 5.32 Å². The van der Waals surface area contributed by atoms with Gasteiger partial charge in [0.1, 0.15) is 5.75 Å². The lowest BCUT2D eigenvalue weighted by atomic mass is 9.72. The molecule has 9 heteroatoms. The predicted molar refractivity (Wildman–Crippen MR) is 159 cm³/mol. The molecule has 210 valence electrons. The van der Waals surface area contributed by atoms with Crippen LogP contribution in [0.25, 0.3) is 0 Å². The van der Waals surface area contributed by atoms with E-state index < -0.39 is 12.0 Å². The summed E-state index contributed by atoms with van der Waals surface area (Å²) in [5, 5.41) is 19.6. The van der Waals surface area contributed by atoms with E-state index in [1.165, 1.54) is 7.11 Å². The zero-order chi connectivity index (χ0) is 28.8. The molecule has 0 aromatic heterocycles. The van der Waals surface area contributed by atoms with Crippen molar-refractivity contribution in [2.45, 2.75) is 58.9 Å². The fraction of sp³-hybridized carbons (Fsp3) is 0.387. The number of hydrogen-bond acceptors (Lipinski definition) is 7. The standard InChI is InChI=1S/C31H35BrN4O4/c1-5-8-19-12-25-29(26(37)13-19)28(23(16-33)18(3)35-25)21-14-24(32)30(27(15-21)40-6-2)34-17-20-9-7-10-22(11-20)36-31(38)39-4/h7,9-11,14-15,19,28,34-35H,5-6,8,12-13,17H2,1-4H3,(H,36,38). The van der Waals surface area contributed by atoms with Crippen LogP contribution in [-0.2, 0) is 16.1 Å². The maximum atomic E-state index is 13.5. The molecule has 8 nitrogen and oxygen atoms in total. The molecule has 0 fully saturated rings. The predicted octanol–water partition coefficient (Wildman–Crippen LogP) is 7.16. The molecular formula is C31H35BrN4O4. The van der Waals surface area contributed by atoms with Gasteiger partial charge in [0.25, 0.3) is 0 Å². The lowest BCUT2D eigenvalue weighted by Crippen LogP contribution is -2.34. The minimum Gasteiger partial charge on any atom is -0.492 e.